The first-order chi connectivity index (χ1) is 22.0. The first kappa shape index (κ1) is 41.9. The zero-order valence-electron chi connectivity index (χ0n) is 29.7. The Bertz CT molecular complexity index is 1210. The number of carbonyl (C=O) groups is 2. The molecule has 1 saturated carbocycles. The molecular weight excluding hydrogens is 613 g/mol. The molecule has 2 atom stereocenters. The van der Waals surface area contributed by atoms with E-state index in [9.17, 15) is 31.5 Å². The standard InChI is InChI=1S/C33H44F5N3O2.2C2H6/c1-7-23(21-24(8-2)33(36,37)38)28(29(42)39-26-16-18-32(34,35)19-17-26)41(30(43)40-20-10-9-11-22(40)3)27-14-12-25(13-15-27)31(4,5)6;2*1-2/h7-8,12-15,21-22,26,28H,1,9-11,16-20H2,2-6H3,(H,39,42);2*1-2H3/b23-21+,24-8+;;. The van der Waals surface area contributed by atoms with Gasteiger partial charge in [0.1, 0.15) is 6.04 Å². The summed E-state index contributed by atoms with van der Waals surface area (Å²) in [5.74, 6) is -3.58. The van der Waals surface area contributed by atoms with E-state index in [2.05, 4.69) is 11.9 Å². The van der Waals surface area contributed by atoms with E-state index in [0.29, 0.717) is 12.2 Å². The maximum Gasteiger partial charge on any atom is 0.416 e. The molecule has 47 heavy (non-hydrogen) atoms. The van der Waals surface area contributed by atoms with Crippen molar-refractivity contribution in [2.75, 3.05) is 11.4 Å². The lowest BCUT2D eigenvalue weighted by Gasteiger charge is -2.41. The largest absolute Gasteiger partial charge is 0.416 e. The number of likely N-dealkylation sites (tertiary alicyclic amines) is 1. The number of amides is 3. The third-order valence-corrected chi connectivity index (χ3v) is 8.35. The summed E-state index contributed by atoms with van der Waals surface area (Å²) in [4.78, 5) is 31.3. The molecule has 1 N–H and O–H groups in total. The molecule has 2 fully saturated rings. The van der Waals surface area contributed by atoms with Crippen LogP contribution in [0, 0.1) is 0 Å². The van der Waals surface area contributed by atoms with E-state index < -0.39 is 54.5 Å². The third-order valence-electron chi connectivity index (χ3n) is 8.35. The zero-order valence-corrected chi connectivity index (χ0v) is 29.7. The van der Waals surface area contributed by atoms with Crippen molar-refractivity contribution in [2.24, 2.45) is 0 Å². The fraction of sp³-hybridized carbons (Fsp3) is 0.622. The van der Waals surface area contributed by atoms with Gasteiger partial charge in [0.15, 0.2) is 0 Å². The third kappa shape index (κ3) is 11.8. The molecular formula is C37H56F5N3O2. The number of carbonyl (C=O) groups excluding carboxylic acids is 2. The molecule has 2 aliphatic rings. The maximum atomic E-state index is 14.4. The minimum atomic E-state index is -4.72. The molecule has 3 rings (SSSR count). The Hall–Kier alpha value is -3.17. The van der Waals surface area contributed by atoms with Crippen molar-refractivity contribution in [1.29, 1.82) is 0 Å². The number of benzene rings is 1. The zero-order chi connectivity index (χ0) is 36.2. The smallest absolute Gasteiger partial charge is 0.351 e. The molecule has 0 spiro atoms. The molecule has 0 radical (unpaired) electrons. The number of alkyl halides is 5. The number of nitrogens with one attached hydrogen (secondary N) is 1. The first-order valence-corrected chi connectivity index (χ1v) is 16.9. The van der Waals surface area contributed by atoms with Crippen LogP contribution in [0.2, 0.25) is 0 Å². The molecule has 3 amide bonds. The van der Waals surface area contributed by atoms with Crippen LogP contribution in [0.25, 0.3) is 0 Å². The van der Waals surface area contributed by atoms with Crippen LogP contribution in [0.15, 0.2) is 60.2 Å². The number of anilines is 1. The molecule has 10 heteroatoms. The summed E-state index contributed by atoms with van der Waals surface area (Å²) < 4.78 is 69.4. The fourth-order valence-corrected chi connectivity index (χ4v) is 5.65. The van der Waals surface area contributed by atoms with Gasteiger partial charge in [-0.25, -0.2) is 13.6 Å². The Labute approximate surface area is 279 Å². The second-order valence-electron chi connectivity index (χ2n) is 12.6. The number of urea groups is 1. The van der Waals surface area contributed by atoms with Gasteiger partial charge in [-0.3, -0.25) is 9.69 Å². The van der Waals surface area contributed by atoms with Gasteiger partial charge in [0.05, 0.1) is 5.57 Å². The molecule has 0 aromatic heterocycles. The van der Waals surface area contributed by atoms with E-state index in [1.807, 2.05) is 67.5 Å². The Morgan fingerprint density at radius 2 is 1.55 bits per heavy atom. The van der Waals surface area contributed by atoms with Crippen LogP contribution in [-0.2, 0) is 10.2 Å². The molecule has 266 valence electrons. The lowest BCUT2D eigenvalue weighted by atomic mass is 9.87. The Morgan fingerprint density at radius 1 is 1.00 bits per heavy atom. The van der Waals surface area contributed by atoms with Gasteiger partial charge in [-0.05, 0) is 80.7 Å². The van der Waals surface area contributed by atoms with Gasteiger partial charge in [0.25, 0.3) is 0 Å². The van der Waals surface area contributed by atoms with Gasteiger partial charge >= 0.3 is 12.2 Å². The van der Waals surface area contributed by atoms with E-state index >= 15 is 0 Å². The maximum absolute atomic E-state index is 14.4. The summed E-state index contributed by atoms with van der Waals surface area (Å²) in [6.07, 6.45) is -0.224. The van der Waals surface area contributed by atoms with Crippen LogP contribution >= 0.6 is 0 Å². The van der Waals surface area contributed by atoms with Crippen molar-refractivity contribution in [1.82, 2.24) is 10.2 Å². The fourth-order valence-electron chi connectivity index (χ4n) is 5.65. The molecule has 5 nitrogen and oxygen atoms in total. The summed E-state index contributed by atoms with van der Waals surface area (Å²) >= 11 is 0. The number of nitrogens with zero attached hydrogens (tertiary/aromatic N) is 2. The molecule has 1 saturated heterocycles. The highest BCUT2D eigenvalue weighted by molar-refractivity contribution is 6.02. The van der Waals surface area contributed by atoms with Crippen molar-refractivity contribution < 1.29 is 31.5 Å². The number of halogens is 5. The predicted octanol–water partition coefficient (Wildman–Crippen LogP) is 10.5. The highest BCUT2D eigenvalue weighted by Crippen LogP contribution is 2.35. The van der Waals surface area contributed by atoms with Gasteiger partial charge in [-0.2, -0.15) is 13.2 Å². The van der Waals surface area contributed by atoms with Gasteiger partial charge in [0.2, 0.25) is 11.8 Å². The van der Waals surface area contributed by atoms with E-state index in [0.717, 1.165) is 43.1 Å². The highest BCUT2D eigenvalue weighted by Gasteiger charge is 2.41. The van der Waals surface area contributed by atoms with Gasteiger partial charge < -0.3 is 10.2 Å². The Kier molecular flexibility index (Phi) is 16.4. The lowest BCUT2D eigenvalue weighted by Crippen LogP contribution is -2.58. The van der Waals surface area contributed by atoms with Gasteiger partial charge in [-0.1, -0.05) is 79.3 Å². The van der Waals surface area contributed by atoms with Crippen LogP contribution < -0.4 is 10.2 Å². The second kappa shape index (κ2) is 18.4. The number of rotatable bonds is 7. The van der Waals surface area contributed by atoms with E-state index in [1.165, 1.54) is 11.8 Å². The summed E-state index contributed by atoms with van der Waals surface area (Å²) in [5.41, 5.74) is -0.0602. The van der Waals surface area contributed by atoms with Crippen LogP contribution in [0.5, 0.6) is 0 Å². The topological polar surface area (TPSA) is 52.7 Å². The summed E-state index contributed by atoms with van der Waals surface area (Å²) in [6.45, 7) is 21.4. The SMILES string of the molecule is C=C/C(=C\C(=C/C)C(F)(F)F)C(C(=O)NC1CCC(F)(F)CC1)N(C(=O)N1CCCCC1C)c1ccc(C(C)(C)C)cc1.CC.CC. The van der Waals surface area contributed by atoms with Crippen molar-refractivity contribution >= 4 is 17.6 Å². The molecule has 2 unspecified atom stereocenters. The average molecular weight is 670 g/mol. The van der Waals surface area contributed by atoms with Crippen LogP contribution in [0.1, 0.15) is 113 Å². The number of piperidine rings is 1. The van der Waals surface area contributed by atoms with Crippen molar-refractivity contribution in [2.45, 2.75) is 143 Å². The summed E-state index contributed by atoms with van der Waals surface area (Å²) in [5, 5.41) is 2.78. The molecule has 1 aliphatic carbocycles. The number of allylic oxidation sites excluding steroid dienone is 3. The summed E-state index contributed by atoms with van der Waals surface area (Å²) in [6, 6.07) is 4.21. The predicted molar refractivity (Wildman–Crippen MR) is 183 cm³/mol. The summed E-state index contributed by atoms with van der Waals surface area (Å²) in [7, 11) is 0. The van der Waals surface area contributed by atoms with Crippen molar-refractivity contribution in [3.05, 3.63) is 65.8 Å². The monoisotopic (exact) mass is 669 g/mol. The minimum Gasteiger partial charge on any atom is -0.351 e. The van der Waals surface area contributed by atoms with Gasteiger partial charge in [-0.15, -0.1) is 0 Å². The molecule has 0 bridgehead atoms. The number of hydrogen-bond acceptors (Lipinski definition) is 2. The second-order valence-corrected chi connectivity index (χ2v) is 12.6. The number of hydrogen-bond donors (Lipinski definition) is 1. The quantitative estimate of drug-likeness (QED) is 0.232. The molecule has 1 aromatic carbocycles. The van der Waals surface area contributed by atoms with E-state index in [-0.39, 0.29) is 29.9 Å². The first-order valence-electron chi connectivity index (χ1n) is 16.9. The van der Waals surface area contributed by atoms with E-state index in [4.69, 9.17) is 0 Å². The van der Waals surface area contributed by atoms with Crippen LogP contribution in [0.3, 0.4) is 0 Å². The minimum absolute atomic E-state index is 0.0125. The molecule has 1 aliphatic heterocycles. The molecule has 1 aromatic rings. The van der Waals surface area contributed by atoms with E-state index in [1.54, 1.807) is 17.0 Å². The lowest BCUT2D eigenvalue weighted by molar-refractivity contribution is -0.123. The Morgan fingerprint density at radius 3 is 2.00 bits per heavy atom. The normalized spacial score (nSPS) is 19.7. The van der Waals surface area contributed by atoms with Crippen LogP contribution in [0.4, 0.5) is 32.4 Å². The highest BCUT2D eigenvalue weighted by atomic mass is 19.4. The Balaban J connectivity index is 0.00000265. The average Bonchev–Trinajstić information content (AvgIpc) is 3.03. The van der Waals surface area contributed by atoms with Gasteiger partial charge in [0, 0.05) is 37.2 Å². The van der Waals surface area contributed by atoms with Crippen molar-refractivity contribution in [3.8, 4) is 0 Å². The molecule has 1 heterocycles. The van der Waals surface area contributed by atoms with Crippen LogP contribution in [-0.4, -0.2) is 53.6 Å². The van der Waals surface area contributed by atoms with Crippen molar-refractivity contribution in [3.63, 3.8) is 0 Å².